The van der Waals surface area contributed by atoms with E-state index in [1.807, 2.05) is 24.3 Å². The van der Waals surface area contributed by atoms with Crippen molar-refractivity contribution in [3.8, 4) is 5.75 Å². The van der Waals surface area contributed by atoms with Gasteiger partial charge in [0, 0.05) is 10.7 Å². The number of aromatic nitrogens is 2. The highest BCUT2D eigenvalue weighted by atomic mass is 35.5. The maximum Gasteiger partial charge on any atom is 0.277 e. The summed E-state index contributed by atoms with van der Waals surface area (Å²) in [7, 11) is 1.55. The van der Waals surface area contributed by atoms with Crippen LogP contribution in [0.4, 0.5) is 11.4 Å². The zero-order valence-corrected chi connectivity index (χ0v) is 16.0. The molecular formula is C18H17ClN4O3S. The standard InChI is InChI=1S/C18H17ClN4O3S/c1-25-15-8-3-2-7-14(15)21-16(24)11-27-18-23-22-17(26-18)10-20-13-6-4-5-12(19)9-13/h2-9,20H,10-11H2,1H3,(H,21,24). The molecule has 0 radical (unpaired) electrons. The lowest BCUT2D eigenvalue weighted by molar-refractivity contribution is -0.113. The van der Waals surface area contributed by atoms with Crippen molar-refractivity contribution >= 4 is 40.6 Å². The van der Waals surface area contributed by atoms with E-state index in [2.05, 4.69) is 20.8 Å². The van der Waals surface area contributed by atoms with Crippen LogP contribution >= 0.6 is 23.4 Å². The van der Waals surface area contributed by atoms with Crippen molar-refractivity contribution in [1.29, 1.82) is 0 Å². The molecular weight excluding hydrogens is 388 g/mol. The Bertz CT molecular complexity index is 919. The highest BCUT2D eigenvalue weighted by Crippen LogP contribution is 2.24. The fourth-order valence-electron chi connectivity index (χ4n) is 2.21. The lowest BCUT2D eigenvalue weighted by Gasteiger charge is -2.08. The first-order chi connectivity index (χ1) is 13.1. The Hall–Kier alpha value is -2.71. The summed E-state index contributed by atoms with van der Waals surface area (Å²) in [6, 6.07) is 14.5. The van der Waals surface area contributed by atoms with Gasteiger partial charge in [0.25, 0.3) is 5.22 Å². The molecule has 1 amide bonds. The van der Waals surface area contributed by atoms with Crippen LogP contribution in [0, 0.1) is 0 Å². The summed E-state index contributed by atoms with van der Waals surface area (Å²) >= 11 is 7.10. The van der Waals surface area contributed by atoms with Crippen LogP contribution in [0.3, 0.4) is 0 Å². The minimum Gasteiger partial charge on any atom is -0.495 e. The van der Waals surface area contributed by atoms with Crippen molar-refractivity contribution in [3.05, 3.63) is 59.4 Å². The number of carbonyl (C=O) groups is 1. The Labute approximate surface area is 165 Å². The lowest BCUT2D eigenvalue weighted by atomic mass is 10.3. The summed E-state index contributed by atoms with van der Waals surface area (Å²) in [6.07, 6.45) is 0. The van der Waals surface area contributed by atoms with Crippen LogP contribution in [-0.4, -0.2) is 29.0 Å². The van der Waals surface area contributed by atoms with Gasteiger partial charge in [0.15, 0.2) is 0 Å². The van der Waals surface area contributed by atoms with E-state index in [1.165, 1.54) is 0 Å². The molecule has 2 aromatic carbocycles. The molecule has 0 saturated carbocycles. The molecule has 1 aromatic heterocycles. The monoisotopic (exact) mass is 404 g/mol. The number of ether oxygens (including phenoxy) is 1. The number of rotatable bonds is 8. The number of hydrogen-bond donors (Lipinski definition) is 2. The van der Waals surface area contributed by atoms with E-state index < -0.39 is 0 Å². The number of hydrogen-bond acceptors (Lipinski definition) is 7. The summed E-state index contributed by atoms with van der Waals surface area (Å²) in [5.41, 5.74) is 1.47. The molecule has 0 spiro atoms. The lowest BCUT2D eigenvalue weighted by Crippen LogP contribution is -2.14. The van der Waals surface area contributed by atoms with Crippen molar-refractivity contribution in [1.82, 2.24) is 10.2 Å². The Kier molecular flexibility index (Phi) is 6.56. The number of nitrogens with one attached hydrogen (secondary N) is 2. The van der Waals surface area contributed by atoms with Gasteiger partial charge in [0.05, 0.1) is 25.1 Å². The molecule has 7 nitrogen and oxygen atoms in total. The third-order valence-electron chi connectivity index (χ3n) is 3.42. The molecule has 3 rings (SSSR count). The quantitative estimate of drug-likeness (QED) is 0.547. The molecule has 0 saturated heterocycles. The summed E-state index contributed by atoms with van der Waals surface area (Å²) in [6.45, 7) is 0.362. The van der Waals surface area contributed by atoms with Gasteiger partial charge in [-0.1, -0.05) is 41.6 Å². The Morgan fingerprint density at radius 1 is 1.22 bits per heavy atom. The van der Waals surface area contributed by atoms with Crippen molar-refractivity contribution in [2.75, 3.05) is 23.5 Å². The fourth-order valence-corrected chi connectivity index (χ4v) is 2.98. The topological polar surface area (TPSA) is 89.3 Å². The van der Waals surface area contributed by atoms with Crippen molar-refractivity contribution in [2.24, 2.45) is 0 Å². The molecule has 9 heteroatoms. The Morgan fingerprint density at radius 3 is 2.89 bits per heavy atom. The molecule has 0 unspecified atom stereocenters. The molecule has 140 valence electrons. The molecule has 0 fully saturated rings. The third kappa shape index (κ3) is 5.63. The average Bonchev–Trinajstić information content (AvgIpc) is 3.13. The van der Waals surface area contributed by atoms with Gasteiger partial charge in [0.2, 0.25) is 11.8 Å². The Morgan fingerprint density at radius 2 is 2.07 bits per heavy atom. The summed E-state index contributed by atoms with van der Waals surface area (Å²) in [5, 5.41) is 14.8. The van der Waals surface area contributed by atoms with Crippen molar-refractivity contribution < 1.29 is 13.9 Å². The van der Waals surface area contributed by atoms with Gasteiger partial charge in [0.1, 0.15) is 5.75 Å². The van der Waals surface area contributed by atoms with Gasteiger partial charge in [-0.3, -0.25) is 4.79 Å². The highest BCUT2D eigenvalue weighted by Gasteiger charge is 2.11. The first-order valence-electron chi connectivity index (χ1n) is 8.01. The third-order valence-corrected chi connectivity index (χ3v) is 4.48. The average molecular weight is 405 g/mol. The van der Waals surface area contributed by atoms with Crippen LogP contribution < -0.4 is 15.4 Å². The predicted molar refractivity (Wildman–Crippen MR) is 105 cm³/mol. The minimum atomic E-state index is -0.193. The molecule has 2 N–H and O–H groups in total. The summed E-state index contributed by atoms with van der Waals surface area (Å²) in [5.74, 6) is 0.966. The number of para-hydroxylation sites is 2. The molecule has 0 aliphatic carbocycles. The van der Waals surface area contributed by atoms with E-state index in [1.54, 1.807) is 31.4 Å². The number of halogens is 1. The van der Waals surface area contributed by atoms with E-state index in [0.29, 0.717) is 34.1 Å². The molecule has 0 bridgehead atoms. The van der Waals surface area contributed by atoms with E-state index in [-0.39, 0.29) is 11.7 Å². The molecule has 0 aliphatic heterocycles. The van der Waals surface area contributed by atoms with E-state index in [0.717, 1.165) is 17.4 Å². The number of amides is 1. The highest BCUT2D eigenvalue weighted by molar-refractivity contribution is 7.99. The number of anilines is 2. The zero-order chi connectivity index (χ0) is 19.1. The van der Waals surface area contributed by atoms with Crippen LogP contribution in [-0.2, 0) is 11.3 Å². The van der Waals surface area contributed by atoms with E-state index >= 15 is 0 Å². The Balaban J connectivity index is 1.48. The first kappa shape index (κ1) is 19.1. The van der Waals surface area contributed by atoms with Gasteiger partial charge >= 0.3 is 0 Å². The first-order valence-corrected chi connectivity index (χ1v) is 9.38. The van der Waals surface area contributed by atoms with Gasteiger partial charge in [-0.25, -0.2) is 0 Å². The SMILES string of the molecule is COc1ccccc1NC(=O)CSc1nnc(CNc2cccc(Cl)c2)o1. The largest absolute Gasteiger partial charge is 0.495 e. The predicted octanol–water partition coefficient (Wildman–Crippen LogP) is 4.07. The molecule has 27 heavy (non-hydrogen) atoms. The van der Waals surface area contributed by atoms with Crippen molar-refractivity contribution in [2.45, 2.75) is 11.8 Å². The maximum absolute atomic E-state index is 12.1. The smallest absolute Gasteiger partial charge is 0.277 e. The number of nitrogens with zero attached hydrogens (tertiary/aromatic N) is 2. The van der Waals surface area contributed by atoms with Crippen LogP contribution in [0.1, 0.15) is 5.89 Å². The van der Waals surface area contributed by atoms with Crippen LogP contribution in [0.25, 0.3) is 0 Å². The van der Waals surface area contributed by atoms with Crippen LogP contribution in [0.15, 0.2) is 58.2 Å². The van der Waals surface area contributed by atoms with Gasteiger partial charge in [-0.2, -0.15) is 0 Å². The van der Waals surface area contributed by atoms with E-state index in [9.17, 15) is 4.79 Å². The van der Waals surface area contributed by atoms with Gasteiger partial charge in [-0.05, 0) is 30.3 Å². The van der Waals surface area contributed by atoms with Crippen molar-refractivity contribution in [3.63, 3.8) is 0 Å². The number of thioether (sulfide) groups is 1. The number of carbonyl (C=O) groups excluding carboxylic acids is 1. The molecule has 0 aliphatic rings. The zero-order valence-electron chi connectivity index (χ0n) is 14.4. The number of methoxy groups -OCH3 is 1. The molecule has 1 heterocycles. The fraction of sp³-hybridized carbons (Fsp3) is 0.167. The van der Waals surface area contributed by atoms with Crippen LogP contribution in [0.2, 0.25) is 5.02 Å². The van der Waals surface area contributed by atoms with Gasteiger partial charge in [-0.15, -0.1) is 10.2 Å². The second kappa shape index (κ2) is 9.29. The second-order valence-corrected chi connectivity index (χ2v) is 6.73. The van der Waals surface area contributed by atoms with E-state index in [4.69, 9.17) is 20.8 Å². The molecule has 0 atom stereocenters. The summed E-state index contributed by atoms with van der Waals surface area (Å²) < 4.78 is 10.7. The molecule has 3 aromatic rings. The van der Waals surface area contributed by atoms with Gasteiger partial charge < -0.3 is 19.8 Å². The number of benzene rings is 2. The second-order valence-electron chi connectivity index (χ2n) is 5.36. The summed E-state index contributed by atoms with van der Waals surface area (Å²) in [4.78, 5) is 12.1. The van der Waals surface area contributed by atoms with Crippen LogP contribution in [0.5, 0.6) is 5.75 Å². The maximum atomic E-state index is 12.1. The normalized spacial score (nSPS) is 10.4. The minimum absolute atomic E-state index is 0.140.